The summed E-state index contributed by atoms with van der Waals surface area (Å²) in [4.78, 5) is 35.9. The van der Waals surface area contributed by atoms with Crippen LogP contribution < -0.4 is 9.80 Å². The average Bonchev–Trinajstić information content (AvgIpc) is 3.26. The summed E-state index contributed by atoms with van der Waals surface area (Å²) >= 11 is 0. The van der Waals surface area contributed by atoms with Crippen molar-refractivity contribution < 1.29 is 18.7 Å². The highest BCUT2D eigenvalue weighted by atomic mass is 19.1. The lowest BCUT2D eigenvalue weighted by Crippen LogP contribution is -2.49. The number of amides is 2. The van der Waals surface area contributed by atoms with Crippen LogP contribution in [0, 0.1) is 5.82 Å². The molecular formula is C28H29FN4O3. The Morgan fingerprint density at radius 2 is 1.75 bits per heavy atom. The Kier molecular flexibility index (Phi) is 6.84. The van der Waals surface area contributed by atoms with Crippen LogP contribution in [-0.4, -0.2) is 54.7 Å². The Bertz CT molecular complexity index is 1260. The maximum Gasteiger partial charge on any atom is 0.409 e. The first-order valence-electron chi connectivity index (χ1n) is 12.4. The number of carbonyl (C=O) groups excluding carboxylic acids is 2. The Hall–Kier alpha value is -3.94. The number of fused-ring (bicyclic) bond motifs is 1. The number of nitrogens with zero attached hydrogens (tertiary/aromatic N) is 4. The largest absolute Gasteiger partial charge is 0.449 e. The second-order valence-corrected chi connectivity index (χ2v) is 9.01. The van der Waals surface area contributed by atoms with E-state index in [9.17, 15) is 14.0 Å². The van der Waals surface area contributed by atoms with Gasteiger partial charge in [-0.1, -0.05) is 31.5 Å². The molecule has 0 spiro atoms. The molecule has 3 heterocycles. The number of ether oxygens (including phenoxy) is 1. The van der Waals surface area contributed by atoms with Crippen molar-refractivity contribution in [1.82, 2.24) is 9.88 Å². The quantitative estimate of drug-likeness (QED) is 0.452. The summed E-state index contributed by atoms with van der Waals surface area (Å²) in [5, 5.41) is 0. The van der Waals surface area contributed by atoms with Gasteiger partial charge in [-0.3, -0.25) is 9.78 Å². The fraction of sp³-hybridized carbons (Fsp3) is 0.321. The van der Waals surface area contributed by atoms with E-state index < -0.39 is 0 Å². The van der Waals surface area contributed by atoms with Crippen LogP contribution in [0.5, 0.6) is 0 Å². The topological polar surface area (TPSA) is 66.0 Å². The van der Waals surface area contributed by atoms with Gasteiger partial charge >= 0.3 is 6.09 Å². The number of anilines is 2. The maximum atomic E-state index is 13.4. The highest BCUT2D eigenvalue weighted by molar-refractivity contribution is 6.11. The van der Waals surface area contributed by atoms with Crippen molar-refractivity contribution >= 4 is 23.4 Å². The number of carbonyl (C=O) groups is 2. The third-order valence-electron chi connectivity index (χ3n) is 6.75. The Morgan fingerprint density at radius 1 is 1.00 bits per heavy atom. The summed E-state index contributed by atoms with van der Waals surface area (Å²) in [6.45, 7) is 5.40. The molecule has 0 N–H and O–H groups in total. The zero-order valence-corrected chi connectivity index (χ0v) is 20.3. The van der Waals surface area contributed by atoms with Gasteiger partial charge < -0.3 is 19.4 Å². The molecule has 1 saturated heterocycles. The third-order valence-corrected chi connectivity index (χ3v) is 6.75. The predicted octanol–water partition coefficient (Wildman–Crippen LogP) is 5.11. The Morgan fingerprint density at radius 3 is 2.50 bits per heavy atom. The summed E-state index contributed by atoms with van der Waals surface area (Å²) in [5.74, 6) is -0.457. The van der Waals surface area contributed by atoms with Crippen molar-refractivity contribution in [3.8, 4) is 11.3 Å². The van der Waals surface area contributed by atoms with Gasteiger partial charge in [0.2, 0.25) is 0 Å². The first-order valence-corrected chi connectivity index (χ1v) is 12.4. The fourth-order valence-electron chi connectivity index (χ4n) is 4.76. The molecule has 2 aromatic carbocycles. The van der Waals surface area contributed by atoms with E-state index in [1.807, 2.05) is 18.2 Å². The number of piperazine rings is 1. The van der Waals surface area contributed by atoms with Gasteiger partial charge in [0, 0.05) is 60.4 Å². The predicted molar refractivity (Wildman–Crippen MR) is 137 cm³/mol. The minimum absolute atomic E-state index is 0.118. The number of hydrogen-bond acceptors (Lipinski definition) is 5. The molecule has 0 bridgehead atoms. The molecule has 5 rings (SSSR count). The lowest BCUT2D eigenvalue weighted by molar-refractivity contribution is 0.0985. The lowest BCUT2D eigenvalue weighted by atomic mass is 10.0. The van der Waals surface area contributed by atoms with Crippen molar-refractivity contribution in [2.24, 2.45) is 0 Å². The summed E-state index contributed by atoms with van der Waals surface area (Å²) in [6, 6.07) is 15.7. The number of rotatable bonds is 6. The molecule has 0 radical (unpaired) electrons. The van der Waals surface area contributed by atoms with Gasteiger partial charge in [-0.05, 0) is 42.8 Å². The van der Waals surface area contributed by atoms with Crippen molar-refractivity contribution in [1.29, 1.82) is 0 Å². The Labute approximate surface area is 210 Å². The molecule has 1 fully saturated rings. The summed E-state index contributed by atoms with van der Waals surface area (Å²) < 4.78 is 18.8. The van der Waals surface area contributed by atoms with Crippen LogP contribution in [0.25, 0.3) is 11.3 Å². The van der Waals surface area contributed by atoms with Crippen molar-refractivity contribution in [2.75, 3.05) is 42.6 Å². The normalized spacial score (nSPS) is 15.3. The van der Waals surface area contributed by atoms with Crippen LogP contribution in [0.15, 0.2) is 60.8 Å². The molecule has 3 aromatic rings. The summed E-state index contributed by atoms with van der Waals surface area (Å²) in [5.41, 5.74) is 4.85. The minimum Gasteiger partial charge on any atom is -0.449 e. The average molecular weight is 489 g/mol. The highest BCUT2D eigenvalue weighted by Gasteiger charge is 2.32. The molecule has 8 heteroatoms. The van der Waals surface area contributed by atoms with E-state index in [0.29, 0.717) is 50.6 Å². The van der Waals surface area contributed by atoms with E-state index >= 15 is 0 Å². The van der Waals surface area contributed by atoms with Gasteiger partial charge in [-0.25, -0.2) is 9.18 Å². The molecule has 0 atom stereocenters. The van der Waals surface area contributed by atoms with E-state index in [2.05, 4.69) is 22.9 Å². The maximum absolute atomic E-state index is 13.4. The highest BCUT2D eigenvalue weighted by Crippen LogP contribution is 2.38. The molecule has 0 saturated carbocycles. The SMILES string of the molecule is CCCCOC(=O)N1CCN(c2ccccc2-c2nccc3c2CN(c2ccc(F)cc2)C3=O)CC1. The van der Waals surface area contributed by atoms with Gasteiger partial charge in [0.25, 0.3) is 5.91 Å². The molecule has 1 aromatic heterocycles. The van der Waals surface area contributed by atoms with Crippen LogP contribution in [0.4, 0.5) is 20.6 Å². The van der Waals surface area contributed by atoms with Crippen LogP contribution in [0.2, 0.25) is 0 Å². The molecule has 2 amide bonds. The van der Waals surface area contributed by atoms with E-state index in [1.165, 1.54) is 12.1 Å². The molecule has 186 valence electrons. The van der Waals surface area contributed by atoms with Gasteiger partial charge in [0.1, 0.15) is 5.82 Å². The second-order valence-electron chi connectivity index (χ2n) is 9.01. The first-order chi connectivity index (χ1) is 17.6. The van der Waals surface area contributed by atoms with Crippen LogP contribution in [0.3, 0.4) is 0 Å². The van der Waals surface area contributed by atoms with Crippen LogP contribution >= 0.6 is 0 Å². The molecule has 0 unspecified atom stereocenters. The van der Waals surface area contributed by atoms with Crippen molar-refractivity contribution in [2.45, 2.75) is 26.3 Å². The van der Waals surface area contributed by atoms with Crippen molar-refractivity contribution in [3.05, 3.63) is 77.7 Å². The number of halogens is 1. The van der Waals surface area contributed by atoms with Gasteiger partial charge in [-0.2, -0.15) is 0 Å². The van der Waals surface area contributed by atoms with Crippen molar-refractivity contribution in [3.63, 3.8) is 0 Å². The number of benzene rings is 2. The zero-order chi connectivity index (χ0) is 25.1. The lowest BCUT2D eigenvalue weighted by Gasteiger charge is -2.36. The number of para-hydroxylation sites is 1. The van der Waals surface area contributed by atoms with Crippen LogP contribution in [-0.2, 0) is 11.3 Å². The van der Waals surface area contributed by atoms with Gasteiger partial charge in [0.15, 0.2) is 0 Å². The number of pyridine rings is 1. The number of hydrogen-bond donors (Lipinski definition) is 0. The molecule has 7 nitrogen and oxygen atoms in total. The smallest absolute Gasteiger partial charge is 0.409 e. The zero-order valence-electron chi connectivity index (χ0n) is 20.3. The standard InChI is InChI=1S/C28H29FN4O3/c1-2-3-18-36-28(35)32-16-14-31(15-17-32)25-7-5-4-6-23(25)26-24-19-33(21-10-8-20(29)9-11-21)27(34)22(24)12-13-30-26/h4-13H,2-3,14-19H2,1H3. The van der Waals surface area contributed by atoms with Crippen LogP contribution in [0.1, 0.15) is 35.7 Å². The Balaban J connectivity index is 1.37. The molecule has 36 heavy (non-hydrogen) atoms. The summed E-state index contributed by atoms with van der Waals surface area (Å²) in [6.07, 6.45) is 3.27. The monoisotopic (exact) mass is 488 g/mol. The molecule has 2 aliphatic rings. The fourth-order valence-corrected chi connectivity index (χ4v) is 4.76. The molecule has 0 aliphatic carbocycles. The van der Waals surface area contributed by atoms with Gasteiger partial charge in [-0.15, -0.1) is 0 Å². The third kappa shape index (κ3) is 4.63. The van der Waals surface area contributed by atoms with E-state index in [-0.39, 0.29) is 17.8 Å². The second kappa shape index (κ2) is 10.4. The van der Waals surface area contributed by atoms with Gasteiger partial charge in [0.05, 0.1) is 18.8 Å². The number of unbranched alkanes of at least 4 members (excludes halogenated alkanes) is 1. The number of aromatic nitrogens is 1. The van der Waals surface area contributed by atoms with E-state index in [0.717, 1.165) is 35.3 Å². The van der Waals surface area contributed by atoms with E-state index in [1.54, 1.807) is 34.2 Å². The molecular weight excluding hydrogens is 459 g/mol. The first kappa shape index (κ1) is 23.8. The minimum atomic E-state index is -0.339. The summed E-state index contributed by atoms with van der Waals surface area (Å²) in [7, 11) is 0. The van der Waals surface area contributed by atoms with E-state index in [4.69, 9.17) is 4.74 Å². The molecule has 2 aliphatic heterocycles.